The van der Waals surface area contributed by atoms with Gasteiger partial charge in [0.25, 0.3) is 0 Å². The number of esters is 1. The number of aromatic nitrogens is 2. The van der Waals surface area contributed by atoms with E-state index in [2.05, 4.69) is 20.2 Å². The molecule has 0 bridgehead atoms. The number of hydrogen-bond donors (Lipinski definition) is 1. The van der Waals surface area contributed by atoms with Crippen molar-refractivity contribution in [3.8, 4) is 0 Å². The summed E-state index contributed by atoms with van der Waals surface area (Å²) in [6.07, 6.45) is 6.66. The van der Waals surface area contributed by atoms with Gasteiger partial charge in [-0.3, -0.25) is 4.79 Å². The Morgan fingerprint density at radius 3 is 2.84 bits per heavy atom. The van der Waals surface area contributed by atoms with Crippen molar-refractivity contribution in [3.05, 3.63) is 28.4 Å². The van der Waals surface area contributed by atoms with E-state index in [1.807, 2.05) is 6.07 Å². The molecule has 0 spiro atoms. The van der Waals surface area contributed by atoms with Crippen LogP contribution in [-0.4, -0.2) is 60.5 Å². The molecule has 3 heterocycles. The van der Waals surface area contributed by atoms with E-state index >= 15 is 0 Å². The number of amides is 1. The number of morpholine rings is 1. The van der Waals surface area contributed by atoms with Gasteiger partial charge < -0.3 is 19.7 Å². The van der Waals surface area contributed by atoms with Gasteiger partial charge in [0.05, 0.1) is 31.1 Å². The number of hydrogen-bond acceptors (Lipinski definition) is 9. The highest BCUT2D eigenvalue weighted by Crippen LogP contribution is 2.38. The minimum absolute atomic E-state index is 0.163. The van der Waals surface area contributed by atoms with Crippen LogP contribution < -0.4 is 10.2 Å². The first-order valence-corrected chi connectivity index (χ1v) is 12.8. The Bertz CT molecular complexity index is 959. The molecule has 0 atom stereocenters. The summed E-state index contributed by atoms with van der Waals surface area (Å²) in [6, 6.07) is 1.90. The maximum absolute atomic E-state index is 12.7. The van der Waals surface area contributed by atoms with Gasteiger partial charge in [-0.25, -0.2) is 14.8 Å². The predicted molar refractivity (Wildman–Crippen MR) is 126 cm³/mol. The maximum atomic E-state index is 12.7. The second-order valence-corrected chi connectivity index (χ2v) is 9.74. The highest BCUT2D eigenvalue weighted by Gasteiger charge is 2.26. The van der Waals surface area contributed by atoms with E-state index in [1.165, 1.54) is 34.3 Å². The van der Waals surface area contributed by atoms with Crippen LogP contribution in [0.15, 0.2) is 17.4 Å². The summed E-state index contributed by atoms with van der Waals surface area (Å²) >= 11 is 2.87. The number of anilines is 2. The normalized spacial score (nSPS) is 16.2. The van der Waals surface area contributed by atoms with E-state index in [0.29, 0.717) is 30.4 Å². The summed E-state index contributed by atoms with van der Waals surface area (Å²) in [5.74, 6) is 0.534. The number of thiophene rings is 1. The molecule has 172 valence electrons. The van der Waals surface area contributed by atoms with Gasteiger partial charge in [-0.15, -0.1) is 11.3 Å². The monoisotopic (exact) mass is 476 g/mol. The summed E-state index contributed by atoms with van der Waals surface area (Å²) < 4.78 is 10.7. The standard InChI is InChI=1S/C22H28N4O4S2/c1-2-30-22(28)20-15-6-4-3-5-7-16(15)32-21(20)25-18(27)13-31-19-12-17(23-14-24-19)26-8-10-29-11-9-26/h12,14H,2-11,13H2,1H3,(H,25,27). The van der Waals surface area contributed by atoms with E-state index in [1.54, 1.807) is 6.92 Å². The molecule has 1 amide bonds. The first kappa shape index (κ1) is 23.0. The molecular weight excluding hydrogens is 448 g/mol. The second kappa shape index (κ2) is 11.1. The number of fused-ring (bicyclic) bond motifs is 1. The van der Waals surface area contributed by atoms with Gasteiger partial charge in [-0.1, -0.05) is 18.2 Å². The van der Waals surface area contributed by atoms with E-state index in [-0.39, 0.29) is 17.6 Å². The topological polar surface area (TPSA) is 93.7 Å². The summed E-state index contributed by atoms with van der Waals surface area (Å²) in [5, 5.41) is 4.31. The molecule has 0 unspecified atom stereocenters. The SMILES string of the molecule is CCOC(=O)c1c(NC(=O)CSc2cc(N3CCOCC3)ncn2)sc2c1CCCCC2. The molecule has 1 aliphatic heterocycles. The molecule has 1 N–H and O–H groups in total. The van der Waals surface area contributed by atoms with Crippen LogP contribution in [0.25, 0.3) is 0 Å². The van der Waals surface area contributed by atoms with Crippen molar-refractivity contribution >= 4 is 45.8 Å². The zero-order valence-corrected chi connectivity index (χ0v) is 19.9. The average Bonchev–Trinajstić information content (AvgIpc) is 2.98. The molecule has 2 aliphatic rings. The van der Waals surface area contributed by atoms with E-state index in [0.717, 1.165) is 61.6 Å². The smallest absolute Gasteiger partial charge is 0.341 e. The quantitative estimate of drug-likeness (QED) is 0.281. The van der Waals surface area contributed by atoms with Crippen LogP contribution in [0.5, 0.6) is 0 Å². The molecule has 0 aromatic carbocycles. The lowest BCUT2D eigenvalue weighted by Crippen LogP contribution is -2.36. The van der Waals surface area contributed by atoms with Gasteiger partial charge in [0.2, 0.25) is 5.91 Å². The van der Waals surface area contributed by atoms with Crippen molar-refractivity contribution < 1.29 is 19.1 Å². The van der Waals surface area contributed by atoms with Crippen molar-refractivity contribution in [1.29, 1.82) is 0 Å². The minimum atomic E-state index is -0.346. The molecule has 1 saturated heterocycles. The molecule has 0 saturated carbocycles. The van der Waals surface area contributed by atoms with Crippen LogP contribution in [0.4, 0.5) is 10.8 Å². The second-order valence-electron chi connectivity index (χ2n) is 7.64. The fourth-order valence-electron chi connectivity index (χ4n) is 3.93. The Kier molecular flexibility index (Phi) is 7.99. The molecular formula is C22H28N4O4S2. The lowest BCUT2D eigenvalue weighted by Gasteiger charge is -2.27. The van der Waals surface area contributed by atoms with Gasteiger partial charge in [0.15, 0.2) is 0 Å². The van der Waals surface area contributed by atoms with Gasteiger partial charge >= 0.3 is 5.97 Å². The molecule has 10 heteroatoms. The number of ether oxygens (including phenoxy) is 2. The Morgan fingerprint density at radius 2 is 2.03 bits per heavy atom. The van der Waals surface area contributed by atoms with E-state index < -0.39 is 0 Å². The molecule has 32 heavy (non-hydrogen) atoms. The predicted octanol–water partition coefficient (Wildman–Crippen LogP) is 3.55. The van der Waals surface area contributed by atoms with Crippen LogP contribution in [0, 0.1) is 0 Å². The third kappa shape index (κ3) is 5.60. The van der Waals surface area contributed by atoms with Crippen molar-refractivity contribution in [2.45, 2.75) is 44.1 Å². The largest absolute Gasteiger partial charge is 0.462 e. The summed E-state index contributed by atoms with van der Waals surface area (Å²) in [7, 11) is 0. The third-order valence-electron chi connectivity index (χ3n) is 5.47. The van der Waals surface area contributed by atoms with Crippen LogP contribution in [0.3, 0.4) is 0 Å². The van der Waals surface area contributed by atoms with Crippen molar-refractivity contribution in [1.82, 2.24) is 9.97 Å². The molecule has 2 aromatic rings. The Hall–Kier alpha value is -2.17. The highest BCUT2D eigenvalue weighted by atomic mass is 32.2. The number of nitrogens with one attached hydrogen (secondary N) is 1. The van der Waals surface area contributed by atoms with Gasteiger partial charge in [-0.2, -0.15) is 0 Å². The van der Waals surface area contributed by atoms with Crippen LogP contribution >= 0.6 is 23.1 Å². The van der Waals surface area contributed by atoms with Crippen molar-refractivity contribution in [2.24, 2.45) is 0 Å². The van der Waals surface area contributed by atoms with Crippen LogP contribution in [0.1, 0.15) is 47.0 Å². The zero-order valence-electron chi connectivity index (χ0n) is 18.2. The average molecular weight is 477 g/mol. The summed E-state index contributed by atoms with van der Waals surface area (Å²) in [6.45, 7) is 5.06. The minimum Gasteiger partial charge on any atom is -0.462 e. The van der Waals surface area contributed by atoms with Gasteiger partial charge in [-0.05, 0) is 38.2 Å². The van der Waals surface area contributed by atoms with E-state index in [9.17, 15) is 9.59 Å². The summed E-state index contributed by atoms with van der Waals surface area (Å²) in [5.41, 5.74) is 1.60. The lowest BCUT2D eigenvalue weighted by molar-refractivity contribution is -0.113. The Labute approximate surface area is 196 Å². The molecule has 0 radical (unpaired) electrons. The van der Waals surface area contributed by atoms with Crippen LogP contribution in [0.2, 0.25) is 0 Å². The fraction of sp³-hybridized carbons (Fsp3) is 0.545. The maximum Gasteiger partial charge on any atom is 0.341 e. The highest BCUT2D eigenvalue weighted by molar-refractivity contribution is 7.99. The molecule has 1 fully saturated rings. The Balaban J connectivity index is 1.42. The van der Waals surface area contributed by atoms with Crippen molar-refractivity contribution in [2.75, 3.05) is 48.9 Å². The van der Waals surface area contributed by atoms with Crippen LogP contribution in [-0.2, 0) is 27.1 Å². The zero-order chi connectivity index (χ0) is 22.3. The lowest BCUT2D eigenvalue weighted by atomic mass is 10.1. The summed E-state index contributed by atoms with van der Waals surface area (Å²) in [4.78, 5) is 37.4. The molecule has 2 aromatic heterocycles. The number of carbonyl (C=O) groups excluding carboxylic acids is 2. The fourth-order valence-corrected chi connectivity index (χ4v) is 5.88. The number of nitrogens with zero attached hydrogens (tertiary/aromatic N) is 3. The molecule has 1 aliphatic carbocycles. The molecule has 4 rings (SSSR count). The van der Waals surface area contributed by atoms with E-state index in [4.69, 9.17) is 9.47 Å². The number of thioether (sulfide) groups is 1. The first-order chi connectivity index (χ1) is 15.7. The third-order valence-corrected chi connectivity index (χ3v) is 7.60. The number of carbonyl (C=O) groups is 2. The van der Waals surface area contributed by atoms with Gasteiger partial charge in [0.1, 0.15) is 22.2 Å². The van der Waals surface area contributed by atoms with Gasteiger partial charge in [0, 0.05) is 24.0 Å². The molecule has 8 nitrogen and oxygen atoms in total. The Morgan fingerprint density at radius 1 is 1.22 bits per heavy atom. The number of aryl methyl sites for hydroxylation is 1. The number of rotatable bonds is 7. The first-order valence-electron chi connectivity index (χ1n) is 11.0. The van der Waals surface area contributed by atoms with Crippen molar-refractivity contribution in [3.63, 3.8) is 0 Å².